The van der Waals surface area contributed by atoms with Gasteiger partial charge in [-0.05, 0) is 33.4 Å². The molecule has 1 aromatic carbocycles. The fourth-order valence-corrected chi connectivity index (χ4v) is 1.63. The molecule has 3 nitrogen and oxygen atoms in total. The van der Waals surface area contributed by atoms with Gasteiger partial charge >= 0.3 is 0 Å². The van der Waals surface area contributed by atoms with Crippen LogP contribution in [0.15, 0.2) is 30.3 Å². The minimum absolute atomic E-state index is 0.131. The molecule has 0 unspecified atom stereocenters. The van der Waals surface area contributed by atoms with Crippen LogP contribution in [0.1, 0.15) is 26.3 Å². The smallest absolute Gasteiger partial charge is 0.242 e. The molecule has 17 heavy (non-hydrogen) atoms. The molecule has 94 valence electrons. The maximum Gasteiger partial charge on any atom is 0.242 e. The summed E-state index contributed by atoms with van der Waals surface area (Å²) in [5.74, 6) is 0.131. The lowest BCUT2D eigenvalue weighted by atomic mass is 10.0. The van der Waals surface area contributed by atoms with Crippen molar-refractivity contribution in [3.63, 3.8) is 0 Å². The van der Waals surface area contributed by atoms with Crippen LogP contribution in [0.25, 0.3) is 0 Å². The van der Waals surface area contributed by atoms with Crippen molar-refractivity contribution in [2.75, 3.05) is 13.6 Å². The Labute approximate surface area is 104 Å². The molecule has 0 spiro atoms. The average Bonchev–Trinajstić information content (AvgIpc) is 2.36. The Balaban J connectivity index is 2.76. The third-order valence-corrected chi connectivity index (χ3v) is 3.04. The molecular weight excluding hydrogens is 212 g/mol. The summed E-state index contributed by atoms with van der Waals surface area (Å²) in [7, 11) is 1.81. The van der Waals surface area contributed by atoms with Crippen molar-refractivity contribution >= 4 is 5.91 Å². The lowest BCUT2D eigenvalue weighted by Crippen LogP contribution is -2.52. The molecule has 1 amide bonds. The van der Waals surface area contributed by atoms with E-state index in [1.54, 1.807) is 0 Å². The summed E-state index contributed by atoms with van der Waals surface area (Å²) in [6.07, 6.45) is 0. The largest absolute Gasteiger partial charge is 0.337 e. The molecule has 0 heterocycles. The number of nitrogens with zero attached hydrogens (tertiary/aromatic N) is 1. The van der Waals surface area contributed by atoms with Gasteiger partial charge in [0.25, 0.3) is 0 Å². The van der Waals surface area contributed by atoms with Crippen molar-refractivity contribution in [1.29, 1.82) is 0 Å². The molecule has 0 atom stereocenters. The van der Waals surface area contributed by atoms with Crippen molar-refractivity contribution in [2.24, 2.45) is 0 Å². The van der Waals surface area contributed by atoms with Gasteiger partial charge < -0.3 is 10.2 Å². The molecule has 1 aromatic rings. The third-order valence-electron chi connectivity index (χ3n) is 3.04. The number of rotatable bonds is 5. The van der Waals surface area contributed by atoms with E-state index in [0.717, 1.165) is 12.1 Å². The highest BCUT2D eigenvalue weighted by molar-refractivity contribution is 5.85. The summed E-state index contributed by atoms with van der Waals surface area (Å²) >= 11 is 0. The minimum Gasteiger partial charge on any atom is -0.337 e. The average molecular weight is 234 g/mol. The quantitative estimate of drug-likeness (QED) is 0.845. The number of carbonyl (C=O) groups is 1. The second kappa shape index (κ2) is 5.82. The first-order chi connectivity index (χ1) is 8.01. The van der Waals surface area contributed by atoms with Crippen LogP contribution in [-0.4, -0.2) is 29.9 Å². The fraction of sp³-hybridized carbons (Fsp3) is 0.500. The lowest BCUT2D eigenvalue weighted by molar-refractivity contribution is -0.137. The van der Waals surface area contributed by atoms with Gasteiger partial charge in [0, 0.05) is 13.1 Å². The normalized spacial score (nSPS) is 11.3. The van der Waals surface area contributed by atoms with E-state index >= 15 is 0 Å². The molecular formula is C14H22N2O. The van der Waals surface area contributed by atoms with Crippen LogP contribution >= 0.6 is 0 Å². The van der Waals surface area contributed by atoms with Gasteiger partial charge in [-0.25, -0.2) is 0 Å². The summed E-state index contributed by atoms with van der Waals surface area (Å²) in [6, 6.07) is 10.1. The summed E-state index contributed by atoms with van der Waals surface area (Å²) in [5.41, 5.74) is 0.653. The van der Waals surface area contributed by atoms with Gasteiger partial charge in [0.1, 0.15) is 0 Å². The first-order valence-corrected chi connectivity index (χ1v) is 6.03. The van der Waals surface area contributed by atoms with Crippen molar-refractivity contribution in [2.45, 2.75) is 32.9 Å². The van der Waals surface area contributed by atoms with E-state index in [1.165, 1.54) is 0 Å². The molecule has 0 fully saturated rings. The van der Waals surface area contributed by atoms with E-state index in [2.05, 4.69) is 5.32 Å². The number of carbonyl (C=O) groups excluding carboxylic acids is 1. The van der Waals surface area contributed by atoms with E-state index in [1.807, 2.05) is 63.1 Å². The zero-order valence-corrected chi connectivity index (χ0v) is 11.2. The lowest BCUT2D eigenvalue weighted by Gasteiger charge is -2.31. The number of hydrogen-bond donors (Lipinski definition) is 1. The Hall–Kier alpha value is -1.35. The molecule has 0 aliphatic rings. The molecule has 0 aliphatic heterocycles. The van der Waals surface area contributed by atoms with Crippen LogP contribution in [0.5, 0.6) is 0 Å². The summed E-state index contributed by atoms with van der Waals surface area (Å²) < 4.78 is 0. The van der Waals surface area contributed by atoms with E-state index in [0.29, 0.717) is 6.54 Å². The highest BCUT2D eigenvalue weighted by Crippen LogP contribution is 2.11. The van der Waals surface area contributed by atoms with E-state index < -0.39 is 5.54 Å². The molecule has 0 aromatic heterocycles. The molecule has 0 aliphatic carbocycles. The van der Waals surface area contributed by atoms with Gasteiger partial charge in [-0.3, -0.25) is 4.79 Å². The minimum atomic E-state index is -0.509. The summed E-state index contributed by atoms with van der Waals surface area (Å²) in [5, 5.41) is 3.05. The Morgan fingerprint density at radius 1 is 1.29 bits per heavy atom. The first-order valence-electron chi connectivity index (χ1n) is 6.03. The standard InChI is InChI=1S/C14H22N2O/c1-5-16(13(17)14(2,3)15-4)11-12-9-7-6-8-10-12/h6-10,15H,5,11H2,1-4H3. The molecule has 0 saturated carbocycles. The van der Waals surface area contributed by atoms with Crippen molar-refractivity contribution in [1.82, 2.24) is 10.2 Å². The maximum atomic E-state index is 12.3. The molecule has 0 bridgehead atoms. The monoisotopic (exact) mass is 234 g/mol. The molecule has 0 saturated heterocycles. The third kappa shape index (κ3) is 3.56. The van der Waals surface area contributed by atoms with Gasteiger partial charge in [-0.15, -0.1) is 0 Å². The molecule has 1 rings (SSSR count). The van der Waals surface area contributed by atoms with E-state index in [4.69, 9.17) is 0 Å². The molecule has 1 N–H and O–H groups in total. The molecule has 0 radical (unpaired) electrons. The van der Waals surface area contributed by atoms with E-state index in [-0.39, 0.29) is 5.91 Å². The van der Waals surface area contributed by atoms with Gasteiger partial charge in [0.2, 0.25) is 5.91 Å². The highest BCUT2D eigenvalue weighted by atomic mass is 16.2. The van der Waals surface area contributed by atoms with Crippen LogP contribution in [0, 0.1) is 0 Å². The van der Waals surface area contributed by atoms with Gasteiger partial charge in [-0.1, -0.05) is 30.3 Å². The van der Waals surface area contributed by atoms with Gasteiger partial charge in [0.05, 0.1) is 5.54 Å². The predicted octanol–water partition coefficient (Wildman–Crippen LogP) is 2.03. The van der Waals surface area contributed by atoms with Crippen LogP contribution in [0.2, 0.25) is 0 Å². The van der Waals surface area contributed by atoms with Crippen LogP contribution in [0.3, 0.4) is 0 Å². The Bertz CT molecular complexity index is 360. The zero-order chi connectivity index (χ0) is 12.9. The Morgan fingerprint density at radius 2 is 1.88 bits per heavy atom. The fourth-order valence-electron chi connectivity index (χ4n) is 1.63. The van der Waals surface area contributed by atoms with Crippen LogP contribution in [-0.2, 0) is 11.3 Å². The second-order valence-corrected chi connectivity index (χ2v) is 4.68. The summed E-state index contributed by atoms with van der Waals surface area (Å²) in [4.78, 5) is 14.2. The number of likely N-dealkylation sites (N-methyl/N-ethyl adjacent to an activating group) is 2. The highest BCUT2D eigenvalue weighted by Gasteiger charge is 2.29. The SMILES string of the molecule is CCN(Cc1ccccc1)C(=O)C(C)(C)NC. The Morgan fingerprint density at radius 3 is 2.35 bits per heavy atom. The number of amides is 1. The Kier molecular flexibility index (Phi) is 4.70. The topological polar surface area (TPSA) is 32.3 Å². The van der Waals surface area contributed by atoms with Gasteiger partial charge in [-0.2, -0.15) is 0 Å². The van der Waals surface area contributed by atoms with Crippen LogP contribution in [0.4, 0.5) is 0 Å². The number of hydrogen-bond acceptors (Lipinski definition) is 2. The maximum absolute atomic E-state index is 12.3. The second-order valence-electron chi connectivity index (χ2n) is 4.68. The van der Waals surface area contributed by atoms with Crippen molar-refractivity contribution < 1.29 is 4.79 Å². The van der Waals surface area contributed by atoms with E-state index in [9.17, 15) is 4.79 Å². The van der Waals surface area contributed by atoms with Crippen molar-refractivity contribution in [3.05, 3.63) is 35.9 Å². The summed E-state index contributed by atoms with van der Waals surface area (Å²) in [6.45, 7) is 7.21. The molecule has 3 heteroatoms. The number of nitrogens with one attached hydrogen (secondary N) is 1. The first kappa shape index (κ1) is 13.7. The van der Waals surface area contributed by atoms with Crippen molar-refractivity contribution in [3.8, 4) is 0 Å². The predicted molar refractivity (Wildman–Crippen MR) is 70.7 cm³/mol. The zero-order valence-electron chi connectivity index (χ0n) is 11.2. The number of benzene rings is 1. The van der Waals surface area contributed by atoms with Gasteiger partial charge in [0.15, 0.2) is 0 Å². The van der Waals surface area contributed by atoms with Crippen LogP contribution < -0.4 is 5.32 Å².